The topological polar surface area (TPSA) is 29.5 Å². The molecule has 0 unspecified atom stereocenters. The molecule has 2 aromatic rings. The van der Waals surface area contributed by atoms with Crippen LogP contribution in [0.4, 0.5) is 4.39 Å². The Hall–Kier alpha value is -2.02. The number of rotatable bonds is 4. The number of aliphatic hydroxyl groups excluding tert-OH is 1. The monoisotopic (exact) mass is 304 g/mol. The maximum atomic E-state index is 13.3. The molecule has 2 nitrogen and oxygen atoms in total. The Labute approximate surface area is 128 Å². The third kappa shape index (κ3) is 4.78. The van der Waals surface area contributed by atoms with Crippen LogP contribution in [0.2, 0.25) is 5.02 Å². The maximum Gasteiger partial charge on any atom is 0.138 e. The van der Waals surface area contributed by atoms with E-state index in [0.29, 0.717) is 22.8 Å². The lowest BCUT2D eigenvalue weighted by Crippen LogP contribution is -1.98. The number of aliphatic hydroxyl groups is 1. The molecule has 0 saturated heterocycles. The molecule has 2 rings (SSSR count). The van der Waals surface area contributed by atoms with Gasteiger partial charge in [-0.05, 0) is 29.8 Å². The SMILES string of the molecule is OCCC#Cc1ccc(F)cc1OCc1cccc(Cl)c1. The molecule has 0 amide bonds. The van der Waals surface area contributed by atoms with Gasteiger partial charge >= 0.3 is 0 Å². The molecule has 0 radical (unpaired) electrons. The standard InChI is InChI=1S/C17H14ClFO2/c18-15-6-3-4-13(10-15)12-21-17-11-16(19)8-7-14(17)5-1-2-9-20/h3-4,6-8,10-11,20H,2,9,12H2. The minimum Gasteiger partial charge on any atom is -0.487 e. The van der Waals surface area contributed by atoms with Gasteiger partial charge in [-0.3, -0.25) is 0 Å². The number of hydrogen-bond donors (Lipinski definition) is 1. The Bertz CT molecular complexity index is 674. The average Bonchev–Trinajstić information content (AvgIpc) is 2.47. The zero-order valence-electron chi connectivity index (χ0n) is 11.3. The first-order valence-corrected chi connectivity index (χ1v) is 6.83. The van der Waals surface area contributed by atoms with Gasteiger partial charge in [-0.2, -0.15) is 0 Å². The predicted octanol–water partition coefficient (Wildman–Crippen LogP) is 3.79. The minimum absolute atomic E-state index is 0.00704. The first-order chi connectivity index (χ1) is 10.2. The van der Waals surface area contributed by atoms with Crippen LogP contribution in [0.25, 0.3) is 0 Å². The minimum atomic E-state index is -0.385. The Morgan fingerprint density at radius 3 is 2.81 bits per heavy atom. The lowest BCUT2D eigenvalue weighted by Gasteiger charge is -2.09. The van der Waals surface area contributed by atoms with Crippen molar-refractivity contribution >= 4 is 11.6 Å². The van der Waals surface area contributed by atoms with Crippen molar-refractivity contribution in [3.8, 4) is 17.6 Å². The van der Waals surface area contributed by atoms with Crippen LogP contribution in [0.1, 0.15) is 17.5 Å². The predicted molar refractivity (Wildman–Crippen MR) is 80.8 cm³/mol. The highest BCUT2D eigenvalue weighted by Gasteiger charge is 2.04. The van der Waals surface area contributed by atoms with Gasteiger partial charge in [0.05, 0.1) is 12.2 Å². The highest BCUT2D eigenvalue weighted by molar-refractivity contribution is 6.30. The van der Waals surface area contributed by atoms with Crippen LogP contribution >= 0.6 is 11.6 Å². The Morgan fingerprint density at radius 2 is 2.05 bits per heavy atom. The average molecular weight is 305 g/mol. The van der Waals surface area contributed by atoms with Gasteiger partial charge in [0.1, 0.15) is 18.2 Å². The lowest BCUT2D eigenvalue weighted by atomic mass is 10.2. The smallest absolute Gasteiger partial charge is 0.138 e. The van der Waals surface area contributed by atoms with Crippen LogP contribution in [0.15, 0.2) is 42.5 Å². The van der Waals surface area contributed by atoms with Gasteiger partial charge in [-0.1, -0.05) is 35.6 Å². The largest absolute Gasteiger partial charge is 0.487 e. The van der Waals surface area contributed by atoms with Gasteiger partial charge < -0.3 is 9.84 Å². The van der Waals surface area contributed by atoms with Gasteiger partial charge in [-0.25, -0.2) is 4.39 Å². The first kappa shape index (κ1) is 15.4. The van der Waals surface area contributed by atoms with E-state index in [1.807, 2.05) is 12.1 Å². The summed E-state index contributed by atoms with van der Waals surface area (Å²) in [7, 11) is 0. The summed E-state index contributed by atoms with van der Waals surface area (Å²) in [6.45, 7) is 0.269. The third-order valence-electron chi connectivity index (χ3n) is 2.69. The van der Waals surface area contributed by atoms with Crippen LogP contribution < -0.4 is 4.74 Å². The van der Waals surface area contributed by atoms with Gasteiger partial charge in [0.15, 0.2) is 0 Å². The molecule has 0 saturated carbocycles. The summed E-state index contributed by atoms with van der Waals surface area (Å²) in [4.78, 5) is 0. The molecule has 0 heterocycles. The zero-order valence-corrected chi connectivity index (χ0v) is 12.0. The molecule has 0 atom stereocenters. The van der Waals surface area contributed by atoms with Gasteiger partial charge in [0.25, 0.3) is 0 Å². The van der Waals surface area contributed by atoms with E-state index >= 15 is 0 Å². The number of ether oxygens (including phenoxy) is 1. The van der Waals surface area contributed by atoms with Gasteiger partial charge in [0.2, 0.25) is 0 Å². The van der Waals surface area contributed by atoms with E-state index in [4.69, 9.17) is 21.4 Å². The summed E-state index contributed by atoms with van der Waals surface area (Å²) in [5, 5.41) is 9.35. The second-order valence-electron chi connectivity index (χ2n) is 4.33. The van der Waals surface area contributed by atoms with Crippen molar-refractivity contribution in [2.45, 2.75) is 13.0 Å². The van der Waals surface area contributed by atoms with Crippen LogP contribution in [-0.2, 0) is 6.61 Å². The normalized spacial score (nSPS) is 9.86. The maximum absolute atomic E-state index is 13.3. The van der Waals surface area contributed by atoms with E-state index in [9.17, 15) is 4.39 Å². The molecule has 0 aromatic heterocycles. The molecular formula is C17H14ClFO2. The molecule has 4 heteroatoms. The molecule has 0 spiro atoms. The fraction of sp³-hybridized carbons (Fsp3) is 0.176. The van der Waals surface area contributed by atoms with E-state index in [1.165, 1.54) is 12.1 Å². The third-order valence-corrected chi connectivity index (χ3v) is 2.92. The summed E-state index contributed by atoms with van der Waals surface area (Å²) >= 11 is 5.91. The molecule has 1 N–H and O–H groups in total. The molecule has 0 bridgehead atoms. The van der Waals surface area contributed by atoms with Crippen LogP contribution in [0, 0.1) is 17.7 Å². The Kier molecular flexibility index (Phi) is 5.62. The number of benzene rings is 2. The molecule has 0 aliphatic rings. The molecule has 0 fully saturated rings. The van der Waals surface area contributed by atoms with Crippen LogP contribution in [0.5, 0.6) is 5.75 Å². The van der Waals surface area contributed by atoms with Crippen molar-refractivity contribution in [3.05, 3.63) is 64.4 Å². The Balaban J connectivity index is 2.15. The lowest BCUT2D eigenvalue weighted by molar-refractivity contribution is 0.303. The van der Waals surface area contributed by atoms with Crippen molar-refractivity contribution in [2.24, 2.45) is 0 Å². The van der Waals surface area contributed by atoms with Crippen molar-refractivity contribution < 1.29 is 14.2 Å². The van der Waals surface area contributed by atoms with Crippen LogP contribution in [-0.4, -0.2) is 11.7 Å². The first-order valence-electron chi connectivity index (χ1n) is 6.45. The van der Waals surface area contributed by atoms with Gasteiger partial charge in [-0.15, -0.1) is 0 Å². The van der Waals surface area contributed by atoms with Crippen LogP contribution in [0.3, 0.4) is 0 Å². The fourth-order valence-electron chi connectivity index (χ4n) is 1.72. The van der Waals surface area contributed by atoms with Crippen molar-refractivity contribution in [2.75, 3.05) is 6.61 Å². The van der Waals surface area contributed by atoms with E-state index in [-0.39, 0.29) is 19.0 Å². The molecule has 0 aliphatic carbocycles. The molecule has 108 valence electrons. The molecular weight excluding hydrogens is 291 g/mol. The second-order valence-corrected chi connectivity index (χ2v) is 4.77. The van der Waals surface area contributed by atoms with E-state index in [1.54, 1.807) is 18.2 Å². The number of hydrogen-bond acceptors (Lipinski definition) is 2. The van der Waals surface area contributed by atoms with Crippen molar-refractivity contribution in [1.82, 2.24) is 0 Å². The second kappa shape index (κ2) is 7.68. The summed E-state index contributed by atoms with van der Waals surface area (Å²) in [5.41, 5.74) is 1.48. The molecule has 21 heavy (non-hydrogen) atoms. The summed E-state index contributed by atoms with van der Waals surface area (Å²) in [5.74, 6) is 5.65. The summed E-state index contributed by atoms with van der Waals surface area (Å²) in [6.07, 6.45) is 0.366. The molecule has 0 aliphatic heterocycles. The van der Waals surface area contributed by atoms with E-state index < -0.39 is 0 Å². The fourth-order valence-corrected chi connectivity index (χ4v) is 1.93. The molecule has 2 aromatic carbocycles. The quantitative estimate of drug-likeness (QED) is 0.871. The highest BCUT2D eigenvalue weighted by Crippen LogP contribution is 2.21. The van der Waals surface area contributed by atoms with Gasteiger partial charge in [0, 0.05) is 17.5 Å². The number of halogens is 2. The zero-order chi connectivity index (χ0) is 15.1. The van der Waals surface area contributed by atoms with Crippen molar-refractivity contribution in [1.29, 1.82) is 0 Å². The highest BCUT2D eigenvalue weighted by atomic mass is 35.5. The van der Waals surface area contributed by atoms with E-state index in [2.05, 4.69) is 11.8 Å². The summed E-state index contributed by atoms with van der Waals surface area (Å²) in [6, 6.07) is 11.5. The van der Waals surface area contributed by atoms with E-state index in [0.717, 1.165) is 5.56 Å². The summed E-state index contributed by atoms with van der Waals surface area (Å²) < 4.78 is 19.0. The van der Waals surface area contributed by atoms with Crippen molar-refractivity contribution in [3.63, 3.8) is 0 Å². The Morgan fingerprint density at radius 1 is 1.19 bits per heavy atom.